The van der Waals surface area contributed by atoms with E-state index in [1.807, 2.05) is 6.92 Å². The van der Waals surface area contributed by atoms with Gasteiger partial charge in [-0.15, -0.1) is 0 Å². The van der Waals surface area contributed by atoms with Crippen LogP contribution in [0.15, 0.2) is 0 Å². The van der Waals surface area contributed by atoms with E-state index in [1.54, 1.807) is 0 Å². The van der Waals surface area contributed by atoms with Crippen LogP contribution in [0.2, 0.25) is 0 Å². The van der Waals surface area contributed by atoms with Gasteiger partial charge in [0, 0.05) is 13.5 Å². The smallest absolute Gasteiger partial charge is 0.328 e. The largest absolute Gasteiger partial charge is 0.480 e. The van der Waals surface area contributed by atoms with Crippen molar-refractivity contribution in [2.24, 2.45) is 11.3 Å². The van der Waals surface area contributed by atoms with Crippen molar-refractivity contribution in [2.45, 2.75) is 46.6 Å². The van der Waals surface area contributed by atoms with Crippen LogP contribution in [-0.4, -0.2) is 36.7 Å². The van der Waals surface area contributed by atoms with Crippen LogP contribution in [0, 0.1) is 11.3 Å². The predicted octanol–water partition coefficient (Wildman–Crippen LogP) is 1.66. The molecule has 0 saturated carbocycles. The van der Waals surface area contributed by atoms with Gasteiger partial charge in [0.15, 0.2) is 6.04 Å². The minimum Gasteiger partial charge on any atom is -0.480 e. The molecule has 2 atom stereocenters. The third-order valence-corrected chi connectivity index (χ3v) is 2.46. The van der Waals surface area contributed by atoms with Crippen molar-refractivity contribution in [1.82, 2.24) is 5.32 Å². The van der Waals surface area contributed by atoms with Gasteiger partial charge in [0.1, 0.15) is 0 Å². The highest BCUT2D eigenvalue weighted by atomic mass is 16.5. The number of carboxylic acid groups (broad SMARTS) is 1. The van der Waals surface area contributed by atoms with Crippen molar-refractivity contribution in [3.8, 4) is 0 Å². The number of amides is 1. The highest BCUT2D eigenvalue weighted by Crippen LogP contribution is 2.25. The Hall–Kier alpha value is -1.10. The van der Waals surface area contributed by atoms with Gasteiger partial charge in [0.05, 0.1) is 6.61 Å². The molecule has 0 aliphatic rings. The fourth-order valence-electron chi connectivity index (χ4n) is 2.03. The molecule has 1 amide bonds. The molecule has 0 aromatic heterocycles. The lowest BCUT2D eigenvalue weighted by atomic mass is 9.84. The number of hydrogen-bond donors (Lipinski definition) is 2. The number of rotatable bonds is 7. The Morgan fingerprint density at radius 2 is 1.89 bits per heavy atom. The normalized spacial score (nSPS) is 14.9. The number of methoxy groups -OCH3 is 1. The average molecular weight is 259 g/mol. The Morgan fingerprint density at radius 1 is 1.33 bits per heavy atom. The Labute approximate surface area is 109 Å². The Kier molecular flexibility index (Phi) is 6.91. The molecule has 2 N–H and O–H groups in total. The van der Waals surface area contributed by atoms with Gasteiger partial charge >= 0.3 is 5.97 Å². The minimum atomic E-state index is -1.08. The Balaban J connectivity index is 4.20. The second-order valence-corrected chi connectivity index (χ2v) is 5.99. The molecule has 0 aromatic carbocycles. The molecular formula is C13H25NO4. The molecule has 0 saturated heterocycles. The SMILES string of the molecule is COCC(NC(=O)CC(C)CC(C)(C)C)C(=O)O. The van der Waals surface area contributed by atoms with E-state index in [0.717, 1.165) is 6.42 Å². The van der Waals surface area contributed by atoms with E-state index in [-0.39, 0.29) is 23.8 Å². The molecule has 5 nitrogen and oxygen atoms in total. The lowest BCUT2D eigenvalue weighted by Gasteiger charge is -2.23. The molecule has 0 aliphatic carbocycles. The summed E-state index contributed by atoms with van der Waals surface area (Å²) < 4.78 is 4.76. The van der Waals surface area contributed by atoms with Crippen LogP contribution in [0.25, 0.3) is 0 Å². The zero-order valence-electron chi connectivity index (χ0n) is 11.9. The second kappa shape index (κ2) is 7.36. The first-order valence-electron chi connectivity index (χ1n) is 6.17. The molecule has 0 heterocycles. The third kappa shape index (κ3) is 8.06. The van der Waals surface area contributed by atoms with E-state index in [0.29, 0.717) is 6.42 Å². The zero-order valence-corrected chi connectivity index (χ0v) is 11.9. The first kappa shape index (κ1) is 16.9. The van der Waals surface area contributed by atoms with Crippen LogP contribution < -0.4 is 5.32 Å². The third-order valence-electron chi connectivity index (χ3n) is 2.46. The topological polar surface area (TPSA) is 75.6 Å². The molecule has 0 aromatic rings. The van der Waals surface area contributed by atoms with Crippen LogP contribution >= 0.6 is 0 Å². The number of nitrogens with one attached hydrogen (secondary N) is 1. The summed E-state index contributed by atoms with van der Waals surface area (Å²) >= 11 is 0. The van der Waals surface area contributed by atoms with Crippen molar-refractivity contribution in [2.75, 3.05) is 13.7 Å². The van der Waals surface area contributed by atoms with Crippen molar-refractivity contribution < 1.29 is 19.4 Å². The maximum Gasteiger partial charge on any atom is 0.328 e. The molecule has 2 unspecified atom stereocenters. The maximum atomic E-state index is 11.7. The van der Waals surface area contributed by atoms with Crippen LogP contribution in [-0.2, 0) is 14.3 Å². The van der Waals surface area contributed by atoms with Gasteiger partial charge in [-0.2, -0.15) is 0 Å². The first-order valence-corrected chi connectivity index (χ1v) is 6.17. The van der Waals surface area contributed by atoms with Gasteiger partial charge in [-0.3, -0.25) is 4.79 Å². The van der Waals surface area contributed by atoms with Crippen LogP contribution in [0.1, 0.15) is 40.5 Å². The molecule has 5 heteroatoms. The molecule has 0 fully saturated rings. The van der Waals surface area contributed by atoms with E-state index in [4.69, 9.17) is 9.84 Å². The first-order chi connectivity index (χ1) is 8.15. The predicted molar refractivity (Wildman–Crippen MR) is 69.3 cm³/mol. The van der Waals surface area contributed by atoms with Crippen LogP contribution in [0.4, 0.5) is 0 Å². The summed E-state index contributed by atoms with van der Waals surface area (Å²) in [6.07, 6.45) is 1.26. The maximum absolute atomic E-state index is 11.7. The lowest BCUT2D eigenvalue weighted by molar-refractivity contribution is -0.143. The van der Waals surface area contributed by atoms with Crippen molar-refractivity contribution in [3.63, 3.8) is 0 Å². The summed E-state index contributed by atoms with van der Waals surface area (Å²) in [6, 6.07) is -0.968. The molecule has 0 radical (unpaired) electrons. The van der Waals surface area contributed by atoms with Crippen LogP contribution in [0.3, 0.4) is 0 Å². The number of aliphatic carboxylic acids is 1. The fourth-order valence-corrected chi connectivity index (χ4v) is 2.03. The second-order valence-electron chi connectivity index (χ2n) is 5.99. The molecule has 0 spiro atoms. The number of ether oxygens (including phenoxy) is 1. The van der Waals surface area contributed by atoms with E-state index in [1.165, 1.54) is 7.11 Å². The summed E-state index contributed by atoms with van der Waals surface area (Å²) in [5, 5.41) is 11.3. The number of hydrogen-bond acceptors (Lipinski definition) is 3. The monoisotopic (exact) mass is 259 g/mol. The molecule has 0 rings (SSSR count). The van der Waals surface area contributed by atoms with Gasteiger partial charge in [0.2, 0.25) is 5.91 Å². The van der Waals surface area contributed by atoms with Gasteiger partial charge in [0.25, 0.3) is 0 Å². The van der Waals surface area contributed by atoms with Crippen molar-refractivity contribution >= 4 is 11.9 Å². The fraction of sp³-hybridized carbons (Fsp3) is 0.846. The van der Waals surface area contributed by atoms with Gasteiger partial charge < -0.3 is 15.2 Å². The molecular weight excluding hydrogens is 234 g/mol. The molecule has 18 heavy (non-hydrogen) atoms. The Bertz CT molecular complexity index is 283. The standard InChI is InChI=1S/C13H25NO4/c1-9(7-13(2,3)4)6-11(15)14-10(8-18-5)12(16)17/h9-10H,6-8H2,1-5H3,(H,14,15)(H,16,17). The van der Waals surface area contributed by atoms with Gasteiger partial charge in [-0.1, -0.05) is 27.7 Å². The quantitative estimate of drug-likeness (QED) is 0.729. The summed E-state index contributed by atoms with van der Waals surface area (Å²) in [5.41, 5.74) is 0.165. The summed E-state index contributed by atoms with van der Waals surface area (Å²) in [6.45, 7) is 8.33. The van der Waals surface area contributed by atoms with Gasteiger partial charge in [-0.25, -0.2) is 4.79 Å². The minimum absolute atomic E-state index is 0.0191. The van der Waals surface area contributed by atoms with E-state index in [9.17, 15) is 9.59 Å². The number of carbonyl (C=O) groups is 2. The summed E-state index contributed by atoms with van der Waals surface area (Å²) in [5.74, 6) is -1.09. The number of carbonyl (C=O) groups excluding carboxylic acids is 1. The average Bonchev–Trinajstić information content (AvgIpc) is 2.13. The number of carboxylic acids is 1. The summed E-state index contributed by atoms with van der Waals surface area (Å²) in [4.78, 5) is 22.5. The van der Waals surface area contributed by atoms with E-state index < -0.39 is 12.0 Å². The van der Waals surface area contributed by atoms with Gasteiger partial charge in [-0.05, 0) is 17.8 Å². The molecule has 0 bridgehead atoms. The van der Waals surface area contributed by atoms with Crippen LogP contribution in [0.5, 0.6) is 0 Å². The van der Waals surface area contributed by atoms with E-state index in [2.05, 4.69) is 26.1 Å². The van der Waals surface area contributed by atoms with E-state index >= 15 is 0 Å². The highest BCUT2D eigenvalue weighted by molar-refractivity contribution is 5.83. The zero-order chi connectivity index (χ0) is 14.3. The Morgan fingerprint density at radius 3 is 2.28 bits per heavy atom. The lowest BCUT2D eigenvalue weighted by Crippen LogP contribution is -2.44. The van der Waals surface area contributed by atoms with Crippen molar-refractivity contribution in [3.05, 3.63) is 0 Å². The highest BCUT2D eigenvalue weighted by Gasteiger charge is 2.22. The molecule has 0 aliphatic heterocycles. The molecule has 106 valence electrons. The van der Waals surface area contributed by atoms with Crippen molar-refractivity contribution in [1.29, 1.82) is 0 Å². The summed E-state index contributed by atoms with van der Waals surface area (Å²) in [7, 11) is 1.41.